The van der Waals surface area contributed by atoms with E-state index in [2.05, 4.69) is 14.9 Å². The molecular weight excluding hydrogens is 282 g/mol. The molecule has 0 spiro atoms. The lowest BCUT2D eigenvalue weighted by Gasteiger charge is -2.14. The molecule has 5 nitrogen and oxygen atoms in total. The predicted molar refractivity (Wildman–Crippen MR) is 58.2 cm³/mol. The Bertz CT molecular complexity index is 459. The van der Waals surface area contributed by atoms with Crippen LogP contribution in [0.4, 0.5) is 17.6 Å². The highest BCUT2D eigenvalue weighted by molar-refractivity contribution is 4.92. The topological polar surface area (TPSA) is 71.9 Å². The Hall–Kier alpha value is -1.69. The molecule has 1 atom stereocenters. The van der Waals surface area contributed by atoms with Crippen LogP contribution in [0.3, 0.4) is 0 Å². The van der Waals surface area contributed by atoms with Gasteiger partial charge in [0.15, 0.2) is 5.82 Å². The van der Waals surface area contributed by atoms with E-state index in [-0.39, 0.29) is 17.6 Å². The van der Waals surface area contributed by atoms with Gasteiger partial charge in [0.2, 0.25) is 5.89 Å². The van der Waals surface area contributed by atoms with Gasteiger partial charge in [0.25, 0.3) is 0 Å². The van der Waals surface area contributed by atoms with Crippen LogP contribution in [-0.4, -0.2) is 29.1 Å². The standard InChI is InChI=1S/C11H13F4N3O2/c1-7(3-2-4-16)9-17-8(18-20-9)5-19-6-11(14,15)10(12)13/h7,10H,2-3,5-6H2,1H3. The van der Waals surface area contributed by atoms with Crippen molar-refractivity contribution in [3.8, 4) is 6.07 Å². The molecule has 1 aromatic heterocycles. The third kappa shape index (κ3) is 4.77. The Morgan fingerprint density at radius 1 is 1.45 bits per heavy atom. The molecule has 20 heavy (non-hydrogen) atoms. The fourth-order valence-electron chi connectivity index (χ4n) is 1.27. The van der Waals surface area contributed by atoms with Gasteiger partial charge in [-0.2, -0.15) is 19.0 Å². The number of aromatic nitrogens is 2. The Balaban J connectivity index is 2.43. The first-order chi connectivity index (χ1) is 9.36. The van der Waals surface area contributed by atoms with E-state index in [1.165, 1.54) is 0 Å². The van der Waals surface area contributed by atoms with E-state index in [1.807, 2.05) is 6.07 Å². The minimum absolute atomic E-state index is 0.00567. The average Bonchev–Trinajstić information content (AvgIpc) is 2.84. The van der Waals surface area contributed by atoms with Gasteiger partial charge in [0, 0.05) is 12.3 Å². The van der Waals surface area contributed by atoms with Crippen LogP contribution < -0.4 is 0 Å². The van der Waals surface area contributed by atoms with E-state index in [4.69, 9.17) is 9.78 Å². The summed E-state index contributed by atoms with van der Waals surface area (Å²) in [5, 5.41) is 11.9. The number of hydrogen-bond acceptors (Lipinski definition) is 5. The van der Waals surface area contributed by atoms with E-state index in [0.717, 1.165) is 0 Å². The summed E-state index contributed by atoms with van der Waals surface area (Å²) in [6.07, 6.45) is -2.95. The van der Waals surface area contributed by atoms with Crippen LogP contribution in [-0.2, 0) is 11.3 Å². The van der Waals surface area contributed by atoms with Crippen molar-refractivity contribution in [3.63, 3.8) is 0 Å². The third-order valence-electron chi connectivity index (χ3n) is 2.44. The van der Waals surface area contributed by atoms with E-state index in [0.29, 0.717) is 12.8 Å². The van der Waals surface area contributed by atoms with Gasteiger partial charge < -0.3 is 9.26 Å². The molecule has 0 amide bonds. The molecule has 0 aromatic carbocycles. The zero-order valence-corrected chi connectivity index (χ0v) is 10.7. The summed E-state index contributed by atoms with van der Waals surface area (Å²) in [7, 11) is 0. The summed E-state index contributed by atoms with van der Waals surface area (Å²) in [6, 6.07) is 1.97. The summed E-state index contributed by atoms with van der Waals surface area (Å²) < 4.78 is 58.1. The fraction of sp³-hybridized carbons (Fsp3) is 0.727. The van der Waals surface area contributed by atoms with Crippen molar-refractivity contribution < 1.29 is 26.8 Å². The first-order valence-corrected chi connectivity index (χ1v) is 5.80. The molecule has 0 aliphatic heterocycles. The number of ether oxygens (including phenoxy) is 1. The molecule has 0 bridgehead atoms. The Kier molecular flexibility index (Phi) is 5.88. The molecule has 0 fully saturated rings. The Morgan fingerprint density at radius 2 is 2.15 bits per heavy atom. The summed E-state index contributed by atoms with van der Waals surface area (Å²) in [5.41, 5.74) is 0. The van der Waals surface area contributed by atoms with Crippen LogP contribution in [0.25, 0.3) is 0 Å². The van der Waals surface area contributed by atoms with Crippen LogP contribution in [0.5, 0.6) is 0 Å². The highest BCUT2D eigenvalue weighted by Gasteiger charge is 2.41. The number of alkyl halides is 4. The lowest BCUT2D eigenvalue weighted by molar-refractivity contribution is -0.168. The predicted octanol–water partition coefficient (Wildman–Crippen LogP) is 2.89. The van der Waals surface area contributed by atoms with Crippen molar-refractivity contribution in [2.75, 3.05) is 6.61 Å². The summed E-state index contributed by atoms with van der Waals surface area (Å²) >= 11 is 0. The van der Waals surface area contributed by atoms with Gasteiger partial charge in [-0.05, 0) is 6.42 Å². The molecule has 0 aliphatic carbocycles. The maximum atomic E-state index is 12.6. The van der Waals surface area contributed by atoms with Gasteiger partial charge in [-0.25, -0.2) is 8.78 Å². The molecule has 1 rings (SSSR count). The van der Waals surface area contributed by atoms with Gasteiger partial charge in [-0.15, -0.1) is 0 Å². The Morgan fingerprint density at radius 3 is 2.75 bits per heavy atom. The monoisotopic (exact) mass is 295 g/mol. The maximum absolute atomic E-state index is 12.6. The first-order valence-electron chi connectivity index (χ1n) is 5.80. The highest BCUT2D eigenvalue weighted by atomic mass is 19.3. The smallest absolute Gasteiger partial charge is 0.330 e. The van der Waals surface area contributed by atoms with E-state index >= 15 is 0 Å². The lowest BCUT2D eigenvalue weighted by atomic mass is 10.1. The van der Waals surface area contributed by atoms with Gasteiger partial charge in [-0.1, -0.05) is 12.1 Å². The van der Waals surface area contributed by atoms with Crippen molar-refractivity contribution in [2.45, 2.75) is 44.6 Å². The molecule has 0 aliphatic rings. The van der Waals surface area contributed by atoms with Crippen LogP contribution in [0.1, 0.15) is 37.4 Å². The van der Waals surface area contributed by atoms with Crippen LogP contribution in [0.15, 0.2) is 4.52 Å². The molecular formula is C11H13F4N3O2. The van der Waals surface area contributed by atoms with E-state index < -0.39 is 25.6 Å². The lowest BCUT2D eigenvalue weighted by Crippen LogP contribution is -2.32. The molecule has 112 valence electrons. The van der Waals surface area contributed by atoms with Crippen LogP contribution >= 0.6 is 0 Å². The van der Waals surface area contributed by atoms with Gasteiger partial charge >= 0.3 is 12.3 Å². The molecule has 1 unspecified atom stereocenters. The van der Waals surface area contributed by atoms with E-state index in [1.54, 1.807) is 6.92 Å². The third-order valence-corrected chi connectivity index (χ3v) is 2.44. The van der Waals surface area contributed by atoms with Crippen molar-refractivity contribution in [1.82, 2.24) is 10.1 Å². The van der Waals surface area contributed by atoms with Gasteiger partial charge in [-0.3, -0.25) is 0 Å². The minimum Gasteiger partial charge on any atom is -0.367 e. The minimum atomic E-state index is -4.20. The second-order valence-electron chi connectivity index (χ2n) is 4.20. The van der Waals surface area contributed by atoms with Gasteiger partial charge in [0.05, 0.1) is 6.07 Å². The SMILES string of the molecule is CC(CCC#N)c1nc(COCC(F)(F)C(F)F)no1. The van der Waals surface area contributed by atoms with Crippen LogP contribution in [0, 0.1) is 11.3 Å². The molecule has 0 saturated carbocycles. The maximum Gasteiger partial charge on any atom is 0.330 e. The van der Waals surface area contributed by atoms with E-state index in [9.17, 15) is 17.6 Å². The number of rotatable bonds is 8. The molecule has 0 radical (unpaired) electrons. The van der Waals surface area contributed by atoms with Crippen LogP contribution in [0.2, 0.25) is 0 Å². The summed E-state index contributed by atoms with van der Waals surface area (Å²) in [6.45, 7) is -0.101. The fourth-order valence-corrected chi connectivity index (χ4v) is 1.27. The summed E-state index contributed by atoms with van der Waals surface area (Å²) in [5.74, 6) is -4.11. The molecule has 1 heterocycles. The second-order valence-corrected chi connectivity index (χ2v) is 4.20. The normalized spacial score (nSPS) is 13.4. The average molecular weight is 295 g/mol. The molecule has 9 heteroatoms. The van der Waals surface area contributed by atoms with Crippen molar-refractivity contribution >= 4 is 0 Å². The van der Waals surface area contributed by atoms with Crippen molar-refractivity contribution in [1.29, 1.82) is 5.26 Å². The quantitative estimate of drug-likeness (QED) is 0.689. The van der Waals surface area contributed by atoms with Crippen molar-refractivity contribution in [3.05, 3.63) is 11.7 Å². The number of nitriles is 1. The zero-order valence-electron chi connectivity index (χ0n) is 10.7. The number of halogens is 4. The molecule has 1 aromatic rings. The molecule has 0 N–H and O–H groups in total. The van der Waals surface area contributed by atoms with Gasteiger partial charge in [0.1, 0.15) is 13.2 Å². The second kappa shape index (κ2) is 7.19. The number of hydrogen-bond donors (Lipinski definition) is 0. The van der Waals surface area contributed by atoms with Crippen molar-refractivity contribution in [2.24, 2.45) is 0 Å². The molecule has 0 saturated heterocycles. The largest absolute Gasteiger partial charge is 0.367 e. The Labute approximate surface area is 112 Å². The highest BCUT2D eigenvalue weighted by Crippen LogP contribution is 2.23. The first kappa shape index (κ1) is 16.4. The number of nitrogens with zero attached hydrogens (tertiary/aromatic N) is 3. The zero-order chi connectivity index (χ0) is 15.2. The summed E-state index contributed by atoms with van der Waals surface area (Å²) in [4.78, 5) is 3.88.